The number of hydrogen-bond donors (Lipinski definition) is 1. The first-order chi connectivity index (χ1) is 10.3. The molecule has 122 valence electrons. The van der Waals surface area contributed by atoms with Crippen LogP contribution >= 0.6 is 0 Å². The van der Waals surface area contributed by atoms with E-state index in [-0.39, 0.29) is 0 Å². The van der Waals surface area contributed by atoms with E-state index in [0.29, 0.717) is 0 Å². The van der Waals surface area contributed by atoms with Gasteiger partial charge in [-0.05, 0) is 31.5 Å². The third kappa shape index (κ3) is 8.21. The molecule has 0 radical (unpaired) electrons. The summed E-state index contributed by atoms with van der Waals surface area (Å²) in [6, 6.07) is 4.13. The maximum Gasteiger partial charge on any atom is 0.118 e. The molecule has 1 rings (SSSR count). The lowest BCUT2D eigenvalue weighted by Crippen LogP contribution is -2.28. The predicted octanol–water partition coefficient (Wildman–Crippen LogP) is 2.26. The molecule has 0 aliphatic rings. The van der Waals surface area contributed by atoms with Crippen LogP contribution in [0.1, 0.15) is 31.3 Å². The first kappa shape index (κ1) is 18.2. The third-order valence-corrected chi connectivity index (χ3v) is 3.26. The van der Waals surface area contributed by atoms with Gasteiger partial charge < -0.3 is 19.2 Å². The second-order valence-corrected chi connectivity index (χ2v) is 5.16. The number of nitrogens with one attached hydrogen (secondary N) is 1. The summed E-state index contributed by atoms with van der Waals surface area (Å²) in [6.45, 7) is 8.22. The van der Waals surface area contributed by atoms with Gasteiger partial charge in [0.05, 0.1) is 19.7 Å². The van der Waals surface area contributed by atoms with Gasteiger partial charge in [0.25, 0.3) is 0 Å². The first-order valence-electron chi connectivity index (χ1n) is 7.78. The molecule has 5 nitrogen and oxygen atoms in total. The Kier molecular flexibility index (Phi) is 10.2. The van der Waals surface area contributed by atoms with Crippen molar-refractivity contribution in [3.05, 3.63) is 23.7 Å². The molecule has 0 saturated carbocycles. The summed E-state index contributed by atoms with van der Waals surface area (Å²) < 4.78 is 16.2. The molecule has 1 heterocycles. The Balaban J connectivity index is 2.40. The van der Waals surface area contributed by atoms with E-state index in [0.717, 1.165) is 70.3 Å². The SMILES string of the molecule is CCCNCc1ccc(CN(CCCOC)CCOC)o1. The number of rotatable bonds is 13. The van der Waals surface area contributed by atoms with Gasteiger partial charge in [0.2, 0.25) is 0 Å². The Labute approximate surface area is 128 Å². The summed E-state index contributed by atoms with van der Waals surface area (Å²) in [5, 5.41) is 3.35. The van der Waals surface area contributed by atoms with Gasteiger partial charge in [-0.1, -0.05) is 6.92 Å². The normalized spacial score (nSPS) is 11.4. The van der Waals surface area contributed by atoms with E-state index in [2.05, 4.69) is 29.3 Å². The van der Waals surface area contributed by atoms with Crippen molar-refractivity contribution in [3.63, 3.8) is 0 Å². The average Bonchev–Trinajstić information content (AvgIpc) is 2.92. The number of furan rings is 1. The van der Waals surface area contributed by atoms with Crippen LogP contribution in [0.25, 0.3) is 0 Å². The van der Waals surface area contributed by atoms with Crippen molar-refractivity contribution in [2.24, 2.45) is 0 Å². The van der Waals surface area contributed by atoms with Gasteiger partial charge in [-0.25, -0.2) is 0 Å². The third-order valence-electron chi connectivity index (χ3n) is 3.26. The van der Waals surface area contributed by atoms with Crippen molar-refractivity contribution in [2.75, 3.05) is 47.1 Å². The second-order valence-electron chi connectivity index (χ2n) is 5.16. The van der Waals surface area contributed by atoms with E-state index in [4.69, 9.17) is 13.9 Å². The van der Waals surface area contributed by atoms with Crippen molar-refractivity contribution in [1.29, 1.82) is 0 Å². The van der Waals surface area contributed by atoms with Crippen LogP contribution < -0.4 is 5.32 Å². The number of ether oxygens (including phenoxy) is 2. The fraction of sp³-hybridized carbons (Fsp3) is 0.750. The van der Waals surface area contributed by atoms with Crippen molar-refractivity contribution in [1.82, 2.24) is 10.2 Å². The average molecular weight is 298 g/mol. The molecule has 0 amide bonds. The van der Waals surface area contributed by atoms with Crippen LogP contribution in [-0.2, 0) is 22.6 Å². The number of hydrogen-bond acceptors (Lipinski definition) is 5. The lowest BCUT2D eigenvalue weighted by Gasteiger charge is -2.20. The zero-order valence-corrected chi connectivity index (χ0v) is 13.7. The van der Waals surface area contributed by atoms with Crippen LogP contribution in [0.15, 0.2) is 16.5 Å². The standard InChI is InChI=1S/C16H30N2O3/c1-4-8-17-13-15-6-7-16(21-15)14-18(10-12-20-3)9-5-11-19-2/h6-7,17H,4-5,8-14H2,1-3H3. The van der Waals surface area contributed by atoms with Gasteiger partial charge in [0.1, 0.15) is 11.5 Å². The van der Waals surface area contributed by atoms with Gasteiger partial charge >= 0.3 is 0 Å². The Bertz CT molecular complexity index is 355. The molecule has 0 atom stereocenters. The monoisotopic (exact) mass is 298 g/mol. The van der Waals surface area contributed by atoms with Crippen molar-refractivity contribution in [3.8, 4) is 0 Å². The van der Waals surface area contributed by atoms with Crippen LogP contribution in [0.4, 0.5) is 0 Å². The van der Waals surface area contributed by atoms with Gasteiger partial charge in [-0.15, -0.1) is 0 Å². The van der Waals surface area contributed by atoms with Crippen molar-refractivity contribution >= 4 is 0 Å². The Morgan fingerprint density at radius 1 is 1.10 bits per heavy atom. The molecule has 1 aromatic heterocycles. The molecule has 0 aliphatic carbocycles. The highest BCUT2D eigenvalue weighted by Crippen LogP contribution is 2.11. The van der Waals surface area contributed by atoms with E-state index in [1.165, 1.54) is 0 Å². The molecular weight excluding hydrogens is 268 g/mol. The molecule has 1 aromatic rings. The topological polar surface area (TPSA) is 46.9 Å². The Hall–Kier alpha value is -0.880. The van der Waals surface area contributed by atoms with Crippen LogP contribution in [0.2, 0.25) is 0 Å². The summed E-state index contributed by atoms with van der Waals surface area (Å²) in [6.07, 6.45) is 2.16. The summed E-state index contributed by atoms with van der Waals surface area (Å²) in [4.78, 5) is 2.34. The minimum Gasteiger partial charge on any atom is -0.463 e. The predicted molar refractivity (Wildman–Crippen MR) is 84.4 cm³/mol. The smallest absolute Gasteiger partial charge is 0.118 e. The molecule has 0 fully saturated rings. The lowest BCUT2D eigenvalue weighted by atomic mass is 10.3. The Morgan fingerprint density at radius 3 is 2.57 bits per heavy atom. The van der Waals surface area contributed by atoms with Gasteiger partial charge in [-0.2, -0.15) is 0 Å². The number of methoxy groups -OCH3 is 2. The quantitative estimate of drug-likeness (QED) is 0.566. The molecule has 5 heteroatoms. The highest BCUT2D eigenvalue weighted by molar-refractivity contribution is 5.07. The zero-order valence-electron chi connectivity index (χ0n) is 13.7. The van der Waals surface area contributed by atoms with E-state index in [9.17, 15) is 0 Å². The molecule has 0 aromatic carbocycles. The van der Waals surface area contributed by atoms with Crippen molar-refractivity contribution < 1.29 is 13.9 Å². The van der Waals surface area contributed by atoms with Gasteiger partial charge in [0.15, 0.2) is 0 Å². The van der Waals surface area contributed by atoms with Gasteiger partial charge in [0, 0.05) is 33.9 Å². The van der Waals surface area contributed by atoms with E-state index >= 15 is 0 Å². The molecule has 0 spiro atoms. The van der Waals surface area contributed by atoms with Crippen molar-refractivity contribution in [2.45, 2.75) is 32.9 Å². The summed E-state index contributed by atoms with van der Waals surface area (Å²) >= 11 is 0. The molecule has 21 heavy (non-hydrogen) atoms. The van der Waals surface area contributed by atoms with E-state index in [1.807, 2.05) is 0 Å². The highest BCUT2D eigenvalue weighted by atomic mass is 16.5. The first-order valence-corrected chi connectivity index (χ1v) is 7.78. The molecule has 0 unspecified atom stereocenters. The molecule has 0 bridgehead atoms. The fourth-order valence-corrected chi connectivity index (χ4v) is 2.13. The van der Waals surface area contributed by atoms with Crippen LogP contribution in [0.5, 0.6) is 0 Å². The minimum atomic E-state index is 0.735. The Morgan fingerprint density at radius 2 is 1.86 bits per heavy atom. The van der Waals surface area contributed by atoms with Gasteiger partial charge in [-0.3, -0.25) is 4.90 Å². The molecule has 0 saturated heterocycles. The summed E-state index contributed by atoms with van der Waals surface area (Å²) in [5.74, 6) is 2.01. The van der Waals surface area contributed by atoms with E-state index < -0.39 is 0 Å². The summed E-state index contributed by atoms with van der Waals surface area (Å²) in [5.41, 5.74) is 0. The summed E-state index contributed by atoms with van der Waals surface area (Å²) in [7, 11) is 3.47. The lowest BCUT2D eigenvalue weighted by molar-refractivity contribution is 0.124. The van der Waals surface area contributed by atoms with E-state index in [1.54, 1.807) is 14.2 Å². The largest absolute Gasteiger partial charge is 0.463 e. The maximum atomic E-state index is 5.87. The maximum absolute atomic E-state index is 5.87. The molecular formula is C16H30N2O3. The number of nitrogens with zero attached hydrogens (tertiary/aromatic N) is 1. The van der Waals surface area contributed by atoms with Crippen LogP contribution in [-0.4, -0.2) is 52.0 Å². The highest BCUT2D eigenvalue weighted by Gasteiger charge is 2.09. The minimum absolute atomic E-state index is 0.735. The van der Waals surface area contributed by atoms with Crippen LogP contribution in [0, 0.1) is 0 Å². The second kappa shape index (κ2) is 11.7. The molecule has 1 N–H and O–H groups in total. The molecule has 0 aliphatic heterocycles. The zero-order chi connectivity index (χ0) is 15.3. The fourth-order valence-electron chi connectivity index (χ4n) is 2.13. The van der Waals surface area contributed by atoms with Crippen LogP contribution in [0.3, 0.4) is 0 Å².